The lowest BCUT2D eigenvalue weighted by atomic mass is 10.2. The first kappa shape index (κ1) is 8.74. The average Bonchev–Trinajstić information content (AvgIpc) is 2.68. The van der Waals surface area contributed by atoms with Crippen LogP contribution < -0.4 is 4.74 Å². The van der Waals surface area contributed by atoms with Crippen molar-refractivity contribution in [3.8, 4) is 17.5 Å². The first-order valence-corrected chi connectivity index (χ1v) is 4.42. The first-order valence-electron chi connectivity index (χ1n) is 4.42. The molecule has 14 heavy (non-hydrogen) atoms. The minimum Gasteiger partial charge on any atom is -0.449 e. The third-order valence-electron chi connectivity index (χ3n) is 1.70. The van der Waals surface area contributed by atoms with Crippen molar-refractivity contribution >= 4 is 0 Å². The Morgan fingerprint density at radius 3 is 2.71 bits per heavy atom. The molecule has 4 nitrogen and oxygen atoms in total. The molecule has 0 fully saturated rings. The van der Waals surface area contributed by atoms with Gasteiger partial charge in [0.05, 0.1) is 6.61 Å². The summed E-state index contributed by atoms with van der Waals surface area (Å²) in [4.78, 5) is 0. The van der Waals surface area contributed by atoms with Crippen LogP contribution in [0.2, 0.25) is 0 Å². The van der Waals surface area contributed by atoms with Gasteiger partial charge in [0.15, 0.2) is 0 Å². The number of hydrogen-bond donors (Lipinski definition) is 0. The van der Waals surface area contributed by atoms with Gasteiger partial charge in [0.2, 0.25) is 0 Å². The van der Waals surface area contributed by atoms with Crippen LogP contribution in [0.15, 0.2) is 34.7 Å². The molecule has 0 radical (unpaired) electrons. The summed E-state index contributed by atoms with van der Waals surface area (Å²) in [7, 11) is 0. The smallest absolute Gasteiger partial charge is 0.414 e. The van der Waals surface area contributed by atoms with Crippen LogP contribution >= 0.6 is 0 Å². The van der Waals surface area contributed by atoms with Gasteiger partial charge in [-0.1, -0.05) is 23.3 Å². The molecule has 0 aliphatic rings. The molecule has 2 rings (SSSR count). The van der Waals surface area contributed by atoms with Gasteiger partial charge in [0.25, 0.3) is 5.89 Å². The minimum atomic E-state index is 0.214. The molecule has 0 saturated heterocycles. The van der Waals surface area contributed by atoms with Gasteiger partial charge < -0.3 is 9.15 Å². The molecule has 0 unspecified atom stereocenters. The van der Waals surface area contributed by atoms with Crippen molar-refractivity contribution in [3.05, 3.63) is 30.3 Å². The number of ether oxygens (including phenoxy) is 1. The second kappa shape index (κ2) is 3.91. The van der Waals surface area contributed by atoms with Crippen LogP contribution in [0.1, 0.15) is 6.92 Å². The molecular formula is C10H10N2O2. The highest BCUT2D eigenvalue weighted by molar-refractivity contribution is 5.51. The Kier molecular flexibility index (Phi) is 2.44. The molecule has 0 spiro atoms. The zero-order valence-electron chi connectivity index (χ0n) is 7.80. The van der Waals surface area contributed by atoms with Gasteiger partial charge in [0, 0.05) is 5.56 Å². The number of nitrogens with zero attached hydrogens (tertiary/aromatic N) is 2. The lowest BCUT2D eigenvalue weighted by molar-refractivity contribution is 0.247. The fraction of sp³-hybridized carbons (Fsp3) is 0.200. The third-order valence-corrected chi connectivity index (χ3v) is 1.70. The number of rotatable bonds is 3. The lowest BCUT2D eigenvalue weighted by Crippen LogP contribution is -1.90. The second-order valence-corrected chi connectivity index (χ2v) is 2.67. The van der Waals surface area contributed by atoms with Crippen LogP contribution in [-0.4, -0.2) is 16.8 Å². The topological polar surface area (TPSA) is 48.2 Å². The maximum absolute atomic E-state index is 5.27. The Balaban J connectivity index is 2.25. The molecule has 0 aliphatic carbocycles. The highest BCUT2D eigenvalue weighted by atomic mass is 16.6. The van der Waals surface area contributed by atoms with Crippen LogP contribution in [0.3, 0.4) is 0 Å². The minimum absolute atomic E-state index is 0.214. The van der Waals surface area contributed by atoms with Gasteiger partial charge in [-0.05, 0) is 19.1 Å². The van der Waals surface area contributed by atoms with Crippen LogP contribution in [0.4, 0.5) is 0 Å². The van der Waals surface area contributed by atoms with Gasteiger partial charge in [-0.25, -0.2) is 0 Å². The van der Waals surface area contributed by atoms with Crippen molar-refractivity contribution in [2.45, 2.75) is 6.92 Å². The summed E-state index contributed by atoms with van der Waals surface area (Å²) in [5.74, 6) is 0.481. The molecule has 1 aromatic heterocycles. The van der Waals surface area contributed by atoms with Gasteiger partial charge in [-0.15, -0.1) is 5.10 Å². The largest absolute Gasteiger partial charge is 0.449 e. The van der Waals surface area contributed by atoms with E-state index in [4.69, 9.17) is 9.15 Å². The molecule has 1 heterocycles. The summed E-state index contributed by atoms with van der Waals surface area (Å²) in [6, 6.07) is 9.58. The molecule has 0 saturated carbocycles. The van der Waals surface area contributed by atoms with Crippen molar-refractivity contribution in [1.82, 2.24) is 10.2 Å². The zero-order valence-corrected chi connectivity index (χ0v) is 7.80. The van der Waals surface area contributed by atoms with E-state index in [1.54, 1.807) is 0 Å². The molecule has 72 valence electrons. The predicted octanol–water partition coefficient (Wildman–Crippen LogP) is 2.14. The molecule has 2 aromatic rings. The Bertz CT molecular complexity index is 398. The predicted molar refractivity (Wildman–Crippen MR) is 50.9 cm³/mol. The monoisotopic (exact) mass is 190 g/mol. The third kappa shape index (κ3) is 1.74. The van der Waals surface area contributed by atoms with E-state index >= 15 is 0 Å². The highest BCUT2D eigenvalue weighted by Crippen LogP contribution is 2.19. The van der Waals surface area contributed by atoms with E-state index in [1.807, 2.05) is 37.3 Å². The number of aromatic nitrogens is 2. The molecule has 0 amide bonds. The molecule has 0 atom stereocenters. The van der Waals surface area contributed by atoms with E-state index in [1.165, 1.54) is 0 Å². The van der Waals surface area contributed by atoms with E-state index in [-0.39, 0.29) is 6.08 Å². The maximum atomic E-state index is 5.27. The van der Waals surface area contributed by atoms with E-state index in [9.17, 15) is 0 Å². The Morgan fingerprint density at radius 1 is 1.21 bits per heavy atom. The van der Waals surface area contributed by atoms with E-state index < -0.39 is 0 Å². The maximum Gasteiger partial charge on any atom is 0.414 e. The number of hydrogen-bond acceptors (Lipinski definition) is 4. The average molecular weight is 190 g/mol. The van der Waals surface area contributed by atoms with E-state index in [0.717, 1.165) is 5.56 Å². The van der Waals surface area contributed by atoms with E-state index in [0.29, 0.717) is 12.5 Å². The molecule has 4 heteroatoms. The van der Waals surface area contributed by atoms with Crippen molar-refractivity contribution < 1.29 is 9.15 Å². The summed E-state index contributed by atoms with van der Waals surface area (Å²) in [6.07, 6.45) is 0.214. The van der Waals surface area contributed by atoms with Gasteiger partial charge >= 0.3 is 6.08 Å². The first-order chi connectivity index (χ1) is 6.90. The second-order valence-electron chi connectivity index (χ2n) is 2.67. The summed E-state index contributed by atoms with van der Waals surface area (Å²) >= 11 is 0. The van der Waals surface area contributed by atoms with Crippen molar-refractivity contribution in [2.75, 3.05) is 6.61 Å². The van der Waals surface area contributed by atoms with Crippen LogP contribution in [0, 0.1) is 0 Å². The normalized spacial score (nSPS) is 10.1. The molecule has 0 bridgehead atoms. The summed E-state index contributed by atoms with van der Waals surface area (Å²) in [5, 5.41) is 7.61. The van der Waals surface area contributed by atoms with Crippen LogP contribution in [0.25, 0.3) is 11.5 Å². The summed E-state index contributed by atoms with van der Waals surface area (Å²) in [5.41, 5.74) is 0.894. The summed E-state index contributed by atoms with van der Waals surface area (Å²) in [6.45, 7) is 2.39. The van der Waals surface area contributed by atoms with Crippen LogP contribution in [0.5, 0.6) is 6.08 Å². The van der Waals surface area contributed by atoms with E-state index in [2.05, 4.69) is 10.2 Å². The van der Waals surface area contributed by atoms with Crippen molar-refractivity contribution in [1.29, 1.82) is 0 Å². The quantitative estimate of drug-likeness (QED) is 0.743. The van der Waals surface area contributed by atoms with Gasteiger partial charge in [-0.2, -0.15) is 0 Å². The molecular weight excluding hydrogens is 180 g/mol. The molecule has 0 N–H and O–H groups in total. The number of benzene rings is 1. The van der Waals surface area contributed by atoms with Crippen molar-refractivity contribution in [2.24, 2.45) is 0 Å². The van der Waals surface area contributed by atoms with Crippen LogP contribution in [-0.2, 0) is 0 Å². The van der Waals surface area contributed by atoms with Gasteiger partial charge in [-0.3, -0.25) is 0 Å². The zero-order chi connectivity index (χ0) is 9.80. The van der Waals surface area contributed by atoms with Crippen molar-refractivity contribution in [3.63, 3.8) is 0 Å². The standard InChI is InChI=1S/C10H10N2O2/c1-2-13-10-12-11-9(14-10)8-6-4-3-5-7-8/h3-7H,2H2,1H3. The summed E-state index contributed by atoms with van der Waals surface area (Å²) < 4.78 is 10.3. The fourth-order valence-corrected chi connectivity index (χ4v) is 1.09. The highest BCUT2D eigenvalue weighted by Gasteiger charge is 2.07. The SMILES string of the molecule is CCOc1nnc(-c2ccccc2)o1. The molecule has 0 aliphatic heterocycles. The molecule has 1 aromatic carbocycles. The Morgan fingerprint density at radius 2 is 2.00 bits per heavy atom. The van der Waals surface area contributed by atoms with Gasteiger partial charge in [0.1, 0.15) is 0 Å². The fourth-order valence-electron chi connectivity index (χ4n) is 1.09. The Hall–Kier alpha value is -1.84. The Labute approximate surface area is 81.5 Å². The lowest BCUT2D eigenvalue weighted by Gasteiger charge is -1.93.